The van der Waals surface area contributed by atoms with Crippen LogP contribution in [0.1, 0.15) is 25.8 Å². The van der Waals surface area contributed by atoms with E-state index < -0.39 is 6.04 Å². The summed E-state index contributed by atoms with van der Waals surface area (Å²) in [4.78, 5) is 26.2. The van der Waals surface area contributed by atoms with Gasteiger partial charge in [0.1, 0.15) is 6.04 Å². The van der Waals surface area contributed by atoms with Gasteiger partial charge in [0.15, 0.2) is 5.82 Å². The Hall–Kier alpha value is -2.44. The van der Waals surface area contributed by atoms with E-state index in [0.717, 1.165) is 25.9 Å². The van der Waals surface area contributed by atoms with Crippen molar-refractivity contribution in [3.63, 3.8) is 0 Å². The van der Waals surface area contributed by atoms with Crippen LogP contribution in [0.2, 0.25) is 0 Å². The standard InChI is InChI=1S/C14H17N5O2/c1-11(14(21)17-8-2-3-9-17)19-13(20)6-5-12(16-19)18-10-4-7-15-18/h4-7,10-11H,2-3,8-9H2,1H3. The fourth-order valence-electron chi connectivity index (χ4n) is 2.53. The van der Waals surface area contributed by atoms with E-state index in [-0.39, 0.29) is 11.5 Å². The molecule has 7 heteroatoms. The van der Waals surface area contributed by atoms with Crippen LogP contribution < -0.4 is 5.56 Å². The largest absolute Gasteiger partial charge is 0.341 e. The number of aromatic nitrogens is 4. The molecule has 7 nitrogen and oxygen atoms in total. The first-order valence-electron chi connectivity index (χ1n) is 7.05. The highest BCUT2D eigenvalue weighted by atomic mass is 16.2. The molecule has 1 aliphatic rings. The number of nitrogens with zero attached hydrogens (tertiary/aromatic N) is 5. The Labute approximate surface area is 121 Å². The molecule has 2 aromatic rings. The molecule has 1 fully saturated rings. The average Bonchev–Trinajstić information content (AvgIpc) is 3.19. The zero-order valence-corrected chi connectivity index (χ0v) is 11.8. The maximum absolute atomic E-state index is 12.4. The monoisotopic (exact) mass is 287 g/mol. The summed E-state index contributed by atoms with van der Waals surface area (Å²) in [6.07, 6.45) is 5.42. The predicted octanol–water partition coefficient (Wildman–Crippen LogP) is 0.612. The third-order valence-electron chi connectivity index (χ3n) is 3.69. The van der Waals surface area contributed by atoms with Gasteiger partial charge in [-0.15, -0.1) is 5.10 Å². The predicted molar refractivity (Wildman–Crippen MR) is 76.1 cm³/mol. The Morgan fingerprint density at radius 2 is 2.05 bits per heavy atom. The fourth-order valence-corrected chi connectivity index (χ4v) is 2.53. The molecule has 2 aromatic heterocycles. The van der Waals surface area contributed by atoms with Gasteiger partial charge in [-0.2, -0.15) is 5.10 Å². The maximum atomic E-state index is 12.4. The first-order chi connectivity index (χ1) is 10.2. The molecule has 1 atom stereocenters. The van der Waals surface area contributed by atoms with E-state index in [1.54, 1.807) is 41.0 Å². The van der Waals surface area contributed by atoms with Gasteiger partial charge in [-0.05, 0) is 31.9 Å². The molecular formula is C14H17N5O2. The summed E-state index contributed by atoms with van der Waals surface area (Å²) < 4.78 is 2.79. The molecule has 0 N–H and O–H groups in total. The summed E-state index contributed by atoms with van der Waals surface area (Å²) in [5.74, 6) is 0.459. The van der Waals surface area contributed by atoms with Crippen molar-refractivity contribution in [1.82, 2.24) is 24.5 Å². The van der Waals surface area contributed by atoms with Crippen molar-refractivity contribution in [3.05, 3.63) is 40.9 Å². The number of amides is 1. The Balaban J connectivity index is 1.91. The summed E-state index contributed by atoms with van der Waals surface area (Å²) in [7, 11) is 0. The van der Waals surface area contributed by atoms with Gasteiger partial charge in [0.25, 0.3) is 5.56 Å². The first kappa shape index (κ1) is 13.5. The first-order valence-corrected chi connectivity index (χ1v) is 7.05. The van der Waals surface area contributed by atoms with Gasteiger partial charge >= 0.3 is 0 Å². The van der Waals surface area contributed by atoms with E-state index in [0.29, 0.717) is 5.82 Å². The van der Waals surface area contributed by atoms with E-state index in [1.807, 2.05) is 0 Å². The van der Waals surface area contributed by atoms with Crippen molar-refractivity contribution in [2.75, 3.05) is 13.1 Å². The van der Waals surface area contributed by atoms with Crippen LogP contribution in [0.4, 0.5) is 0 Å². The van der Waals surface area contributed by atoms with Gasteiger partial charge in [-0.25, -0.2) is 9.36 Å². The number of carbonyl (C=O) groups is 1. The van der Waals surface area contributed by atoms with Crippen molar-refractivity contribution in [3.8, 4) is 5.82 Å². The Bertz CT molecular complexity index is 686. The second kappa shape index (κ2) is 5.51. The highest BCUT2D eigenvalue weighted by Crippen LogP contribution is 2.14. The minimum atomic E-state index is -0.605. The van der Waals surface area contributed by atoms with Crippen LogP contribution in [-0.4, -0.2) is 43.5 Å². The van der Waals surface area contributed by atoms with Crippen LogP contribution in [0, 0.1) is 0 Å². The molecule has 110 valence electrons. The lowest BCUT2D eigenvalue weighted by Gasteiger charge is -2.21. The number of likely N-dealkylation sites (tertiary alicyclic amines) is 1. The van der Waals surface area contributed by atoms with E-state index in [9.17, 15) is 9.59 Å². The lowest BCUT2D eigenvalue weighted by Crippen LogP contribution is -2.38. The third kappa shape index (κ3) is 2.58. The number of carbonyl (C=O) groups excluding carboxylic acids is 1. The van der Waals surface area contributed by atoms with E-state index in [4.69, 9.17) is 0 Å². The van der Waals surface area contributed by atoms with Crippen molar-refractivity contribution < 1.29 is 4.79 Å². The Kier molecular flexibility index (Phi) is 3.55. The molecule has 0 saturated carbocycles. The molecule has 3 heterocycles. The van der Waals surface area contributed by atoms with Gasteiger partial charge in [0, 0.05) is 31.5 Å². The Morgan fingerprint density at radius 3 is 2.71 bits per heavy atom. The lowest BCUT2D eigenvalue weighted by atomic mass is 10.3. The summed E-state index contributed by atoms with van der Waals surface area (Å²) in [6, 6.07) is 4.18. The molecule has 1 saturated heterocycles. The average molecular weight is 287 g/mol. The quantitative estimate of drug-likeness (QED) is 0.829. The minimum absolute atomic E-state index is 0.0558. The zero-order valence-electron chi connectivity index (χ0n) is 11.8. The van der Waals surface area contributed by atoms with E-state index in [2.05, 4.69) is 10.2 Å². The molecule has 0 aromatic carbocycles. The van der Waals surface area contributed by atoms with Crippen molar-refractivity contribution in [1.29, 1.82) is 0 Å². The van der Waals surface area contributed by atoms with E-state index in [1.165, 1.54) is 10.7 Å². The molecule has 0 bridgehead atoms. The van der Waals surface area contributed by atoms with Crippen molar-refractivity contribution >= 4 is 5.91 Å². The van der Waals surface area contributed by atoms with Crippen LogP contribution in [0.25, 0.3) is 5.82 Å². The van der Waals surface area contributed by atoms with Crippen LogP contribution in [-0.2, 0) is 4.79 Å². The molecule has 0 spiro atoms. The molecule has 1 aliphatic heterocycles. The fraction of sp³-hybridized carbons (Fsp3) is 0.429. The Morgan fingerprint density at radius 1 is 1.29 bits per heavy atom. The lowest BCUT2D eigenvalue weighted by molar-refractivity contribution is -0.133. The maximum Gasteiger partial charge on any atom is 0.267 e. The summed E-state index contributed by atoms with van der Waals surface area (Å²) >= 11 is 0. The van der Waals surface area contributed by atoms with Gasteiger partial charge in [0.05, 0.1) is 0 Å². The smallest absolute Gasteiger partial charge is 0.267 e. The van der Waals surface area contributed by atoms with Crippen molar-refractivity contribution in [2.24, 2.45) is 0 Å². The minimum Gasteiger partial charge on any atom is -0.341 e. The molecule has 3 rings (SSSR count). The van der Waals surface area contributed by atoms with Crippen LogP contribution in [0.5, 0.6) is 0 Å². The second-order valence-corrected chi connectivity index (χ2v) is 5.13. The van der Waals surface area contributed by atoms with Crippen LogP contribution in [0.15, 0.2) is 35.4 Å². The SMILES string of the molecule is CC(C(=O)N1CCCC1)n1nc(-n2cccn2)ccc1=O. The van der Waals surface area contributed by atoms with Crippen molar-refractivity contribution in [2.45, 2.75) is 25.8 Å². The summed E-state index contributed by atoms with van der Waals surface area (Å²) in [5, 5.41) is 8.35. The highest BCUT2D eigenvalue weighted by molar-refractivity contribution is 5.80. The molecule has 21 heavy (non-hydrogen) atoms. The zero-order chi connectivity index (χ0) is 14.8. The molecular weight excluding hydrogens is 270 g/mol. The van der Waals surface area contributed by atoms with Gasteiger partial charge in [-0.1, -0.05) is 0 Å². The molecule has 0 aliphatic carbocycles. The molecule has 1 unspecified atom stereocenters. The number of hydrogen-bond donors (Lipinski definition) is 0. The van der Waals surface area contributed by atoms with Gasteiger partial charge in [-0.3, -0.25) is 9.59 Å². The molecule has 0 radical (unpaired) electrons. The van der Waals surface area contributed by atoms with E-state index >= 15 is 0 Å². The van der Waals surface area contributed by atoms with Gasteiger partial charge in [0.2, 0.25) is 5.91 Å². The topological polar surface area (TPSA) is 73.0 Å². The normalized spacial score (nSPS) is 16.1. The number of rotatable bonds is 3. The van der Waals surface area contributed by atoms with Crippen LogP contribution >= 0.6 is 0 Å². The summed E-state index contributed by atoms with van der Waals surface area (Å²) in [5.41, 5.74) is -0.286. The number of hydrogen-bond acceptors (Lipinski definition) is 4. The van der Waals surface area contributed by atoms with Gasteiger partial charge < -0.3 is 4.90 Å². The highest BCUT2D eigenvalue weighted by Gasteiger charge is 2.25. The second-order valence-electron chi connectivity index (χ2n) is 5.13. The summed E-state index contributed by atoms with van der Waals surface area (Å²) in [6.45, 7) is 3.23. The third-order valence-corrected chi connectivity index (χ3v) is 3.69. The molecule has 1 amide bonds. The van der Waals surface area contributed by atoms with Crippen LogP contribution in [0.3, 0.4) is 0 Å².